The summed E-state index contributed by atoms with van der Waals surface area (Å²) in [5.74, 6) is -0.675. The van der Waals surface area contributed by atoms with E-state index in [4.69, 9.17) is 9.47 Å². The van der Waals surface area contributed by atoms with Crippen LogP contribution in [0.5, 0.6) is 5.75 Å². The molecular weight excluding hydrogens is 455 g/mol. The fraction of sp³-hybridized carbons (Fsp3) is 0.222. The number of ether oxygens (including phenoxy) is 2. The summed E-state index contributed by atoms with van der Waals surface area (Å²) in [6.45, 7) is 0.627. The molecule has 3 rings (SSSR count). The van der Waals surface area contributed by atoms with Crippen LogP contribution in [0.25, 0.3) is 9.88 Å². The molecule has 0 atom stereocenters. The molecule has 1 amide bonds. The zero-order chi connectivity index (χ0) is 19.2. The van der Waals surface area contributed by atoms with Crippen LogP contribution in [0.15, 0.2) is 39.5 Å². The third-order valence-corrected chi connectivity index (χ3v) is 6.18. The van der Waals surface area contributed by atoms with Crippen molar-refractivity contribution in [2.75, 3.05) is 25.6 Å². The van der Waals surface area contributed by atoms with E-state index < -0.39 is 5.82 Å². The first kappa shape index (κ1) is 19.9. The molecule has 2 heterocycles. The number of benzene rings is 1. The maximum absolute atomic E-state index is 14.0. The first-order valence-electron chi connectivity index (χ1n) is 7.95. The average molecular weight is 471 g/mol. The lowest BCUT2D eigenvalue weighted by Crippen LogP contribution is -2.15. The van der Waals surface area contributed by atoms with Gasteiger partial charge < -0.3 is 14.8 Å². The Kier molecular flexibility index (Phi) is 6.95. The van der Waals surface area contributed by atoms with Crippen LogP contribution in [0.1, 0.15) is 5.69 Å². The number of thiophene rings is 1. The molecule has 0 aliphatic heterocycles. The molecule has 0 spiro atoms. The molecule has 1 N–H and O–H groups in total. The van der Waals surface area contributed by atoms with Gasteiger partial charge in [-0.15, -0.1) is 22.7 Å². The lowest BCUT2D eigenvalue weighted by atomic mass is 10.2. The van der Waals surface area contributed by atoms with Crippen LogP contribution in [0.2, 0.25) is 0 Å². The van der Waals surface area contributed by atoms with Gasteiger partial charge in [-0.1, -0.05) is 0 Å². The summed E-state index contributed by atoms with van der Waals surface area (Å²) in [6, 6.07) is 6.30. The van der Waals surface area contributed by atoms with E-state index >= 15 is 0 Å². The van der Waals surface area contributed by atoms with Gasteiger partial charge in [-0.05, 0) is 34.1 Å². The number of aromatic nitrogens is 1. The highest BCUT2D eigenvalue weighted by atomic mass is 79.9. The van der Waals surface area contributed by atoms with Gasteiger partial charge in [-0.3, -0.25) is 4.79 Å². The quantitative estimate of drug-likeness (QED) is 0.471. The van der Waals surface area contributed by atoms with Crippen LogP contribution in [0.3, 0.4) is 0 Å². The van der Waals surface area contributed by atoms with Gasteiger partial charge in [0.15, 0.2) is 11.6 Å². The number of nitrogens with zero attached hydrogens (tertiary/aromatic N) is 1. The van der Waals surface area contributed by atoms with E-state index in [9.17, 15) is 9.18 Å². The van der Waals surface area contributed by atoms with E-state index in [0.29, 0.717) is 18.0 Å². The lowest BCUT2D eigenvalue weighted by Gasteiger charge is -2.09. The zero-order valence-corrected chi connectivity index (χ0v) is 17.5. The Morgan fingerprint density at radius 1 is 1.26 bits per heavy atom. The number of halogens is 2. The molecule has 0 bridgehead atoms. The second-order valence-electron chi connectivity index (χ2n) is 5.48. The number of anilines is 1. The Balaban J connectivity index is 1.58. The van der Waals surface area contributed by atoms with Crippen molar-refractivity contribution >= 4 is 50.2 Å². The van der Waals surface area contributed by atoms with Crippen LogP contribution < -0.4 is 10.1 Å². The summed E-state index contributed by atoms with van der Waals surface area (Å²) in [5, 5.41) is 7.40. The minimum absolute atomic E-state index is 0.122. The van der Waals surface area contributed by atoms with E-state index in [-0.39, 0.29) is 24.7 Å². The third-order valence-electron chi connectivity index (χ3n) is 3.43. The van der Waals surface area contributed by atoms with Crippen molar-refractivity contribution in [2.45, 2.75) is 6.42 Å². The Morgan fingerprint density at radius 2 is 2.11 bits per heavy atom. The molecular formula is C18H16BrFN2O3S2. The number of carbonyl (C=O) groups is 1. The van der Waals surface area contributed by atoms with Crippen molar-refractivity contribution in [3.8, 4) is 15.6 Å². The second kappa shape index (κ2) is 9.41. The fourth-order valence-corrected chi connectivity index (χ4v) is 4.55. The van der Waals surface area contributed by atoms with Crippen molar-refractivity contribution in [2.24, 2.45) is 0 Å². The molecule has 0 radical (unpaired) electrons. The molecule has 0 fully saturated rings. The van der Waals surface area contributed by atoms with E-state index in [0.717, 1.165) is 14.4 Å². The molecule has 0 saturated carbocycles. The predicted octanol–water partition coefficient (Wildman–Crippen LogP) is 4.98. The monoisotopic (exact) mass is 470 g/mol. The molecule has 5 nitrogen and oxygen atoms in total. The number of thiazole rings is 1. The van der Waals surface area contributed by atoms with Crippen LogP contribution in [0, 0.1) is 5.82 Å². The van der Waals surface area contributed by atoms with Gasteiger partial charge in [0.25, 0.3) is 0 Å². The maximum Gasteiger partial charge on any atom is 0.230 e. The van der Waals surface area contributed by atoms with Crippen molar-refractivity contribution in [1.82, 2.24) is 4.98 Å². The first-order chi connectivity index (χ1) is 13.0. The van der Waals surface area contributed by atoms with Crippen molar-refractivity contribution in [3.05, 3.63) is 51.0 Å². The second-order valence-corrected chi connectivity index (χ2v) is 8.17. The van der Waals surface area contributed by atoms with E-state index in [1.165, 1.54) is 23.5 Å². The predicted molar refractivity (Wildman–Crippen MR) is 109 cm³/mol. The zero-order valence-electron chi connectivity index (χ0n) is 14.3. The summed E-state index contributed by atoms with van der Waals surface area (Å²) in [4.78, 5) is 17.8. The van der Waals surface area contributed by atoms with E-state index in [1.807, 2.05) is 16.8 Å². The Bertz CT molecular complexity index is 929. The van der Waals surface area contributed by atoms with Gasteiger partial charge in [0.05, 0.1) is 23.6 Å². The third kappa shape index (κ3) is 5.58. The summed E-state index contributed by atoms with van der Waals surface area (Å²) in [5.41, 5.74) is 1.05. The SMILES string of the molecule is COCCOc1ccc(NC(=O)Cc2csc(-c3cc(Br)cs3)n2)cc1F. The molecule has 1 aromatic carbocycles. The van der Waals surface area contributed by atoms with Crippen molar-refractivity contribution < 1.29 is 18.7 Å². The molecule has 27 heavy (non-hydrogen) atoms. The first-order valence-corrected chi connectivity index (χ1v) is 10.5. The molecule has 2 aromatic heterocycles. The number of methoxy groups -OCH3 is 1. The number of rotatable bonds is 8. The van der Waals surface area contributed by atoms with Crippen LogP contribution in [-0.2, 0) is 16.0 Å². The topological polar surface area (TPSA) is 60.5 Å². The fourth-order valence-electron chi connectivity index (χ4n) is 2.23. The molecule has 3 aromatic rings. The van der Waals surface area contributed by atoms with Gasteiger partial charge in [0, 0.05) is 34.1 Å². The number of amides is 1. The van der Waals surface area contributed by atoms with Gasteiger partial charge in [-0.2, -0.15) is 0 Å². The van der Waals surface area contributed by atoms with Gasteiger partial charge in [-0.25, -0.2) is 9.37 Å². The molecule has 0 saturated heterocycles. The van der Waals surface area contributed by atoms with Gasteiger partial charge in [0.1, 0.15) is 11.6 Å². The summed E-state index contributed by atoms with van der Waals surface area (Å²) < 4.78 is 25.1. The molecule has 9 heteroatoms. The van der Waals surface area contributed by atoms with Crippen LogP contribution >= 0.6 is 38.6 Å². The summed E-state index contributed by atoms with van der Waals surface area (Å²) >= 11 is 6.50. The number of hydrogen-bond acceptors (Lipinski definition) is 6. The number of hydrogen-bond donors (Lipinski definition) is 1. The summed E-state index contributed by atoms with van der Waals surface area (Å²) in [7, 11) is 1.54. The minimum Gasteiger partial charge on any atom is -0.488 e. The molecule has 0 aliphatic carbocycles. The molecule has 0 aliphatic rings. The van der Waals surface area contributed by atoms with Crippen molar-refractivity contribution in [1.29, 1.82) is 0 Å². The lowest BCUT2D eigenvalue weighted by molar-refractivity contribution is -0.115. The Morgan fingerprint density at radius 3 is 2.81 bits per heavy atom. The highest BCUT2D eigenvalue weighted by Crippen LogP contribution is 2.32. The van der Waals surface area contributed by atoms with Gasteiger partial charge in [0.2, 0.25) is 5.91 Å². The van der Waals surface area contributed by atoms with Crippen molar-refractivity contribution in [3.63, 3.8) is 0 Å². The largest absolute Gasteiger partial charge is 0.488 e. The molecule has 0 unspecified atom stereocenters. The number of carbonyl (C=O) groups excluding carboxylic acids is 1. The highest BCUT2D eigenvalue weighted by Gasteiger charge is 2.12. The van der Waals surface area contributed by atoms with E-state index in [1.54, 1.807) is 24.5 Å². The Hall–Kier alpha value is -1.81. The Labute approximate surface area is 172 Å². The van der Waals surface area contributed by atoms with Crippen LogP contribution in [-0.4, -0.2) is 31.2 Å². The standard InChI is InChI=1S/C18H16BrFN2O3S2/c1-24-4-5-25-15-3-2-12(7-14(15)20)21-17(23)8-13-10-27-18(22-13)16-6-11(19)9-26-16/h2-3,6-7,9-10H,4-5,8H2,1H3,(H,21,23). The van der Waals surface area contributed by atoms with E-state index in [2.05, 4.69) is 26.2 Å². The summed E-state index contributed by atoms with van der Waals surface area (Å²) in [6.07, 6.45) is 0.122. The highest BCUT2D eigenvalue weighted by molar-refractivity contribution is 9.10. The average Bonchev–Trinajstić information content (AvgIpc) is 3.26. The van der Waals surface area contributed by atoms with Crippen LogP contribution in [0.4, 0.5) is 10.1 Å². The van der Waals surface area contributed by atoms with Gasteiger partial charge >= 0.3 is 0 Å². The normalized spacial score (nSPS) is 10.8. The maximum atomic E-state index is 14.0. The number of nitrogens with one attached hydrogen (secondary N) is 1. The molecule has 142 valence electrons. The minimum atomic E-state index is -0.539. The smallest absolute Gasteiger partial charge is 0.230 e.